The van der Waals surface area contributed by atoms with Crippen molar-refractivity contribution >= 4 is 46.0 Å². The van der Waals surface area contributed by atoms with Gasteiger partial charge in [-0.1, -0.05) is 54.2 Å². The first kappa shape index (κ1) is 21.7. The summed E-state index contributed by atoms with van der Waals surface area (Å²) in [7, 11) is 0. The van der Waals surface area contributed by atoms with Gasteiger partial charge >= 0.3 is 0 Å². The van der Waals surface area contributed by atoms with Crippen LogP contribution >= 0.6 is 23.5 Å². The van der Waals surface area contributed by atoms with E-state index in [-0.39, 0.29) is 11.7 Å². The van der Waals surface area contributed by atoms with E-state index >= 15 is 0 Å². The van der Waals surface area contributed by atoms with Crippen molar-refractivity contribution in [3.05, 3.63) is 94.4 Å². The number of amides is 1. The van der Waals surface area contributed by atoms with Gasteiger partial charge in [-0.15, -0.1) is 0 Å². The predicted molar refractivity (Wildman–Crippen MR) is 137 cm³/mol. The molecule has 1 amide bonds. The first-order valence-electron chi connectivity index (χ1n) is 10.8. The van der Waals surface area contributed by atoms with Crippen LogP contribution in [0.4, 0.5) is 11.4 Å². The summed E-state index contributed by atoms with van der Waals surface area (Å²) in [4.78, 5) is 24.3. The highest BCUT2D eigenvalue weighted by atomic mass is 32.2. The number of nitrogens with zero attached hydrogens (tertiary/aromatic N) is 3. The van der Waals surface area contributed by atoms with Crippen molar-refractivity contribution in [2.45, 2.75) is 18.2 Å². The van der Waals surface area contributed by atoms with E-state index in [9.17, 15) is 9.90 Å². The van der Waals surface area contributed by atoms with Crippen molar-refractivity contribution in [1.82, 2.24) is 4.90 Å². The number of hydrogen-bond donors (Lipinski definition) is 1. The fourth-order valence-electron chi connectivity index (χ4n) is 3.86. The number of thioether (sulfide) groups is 2. The number of benzene rings is 3. The Labute approximate surface area is 201 Å². The molecule has 0 spiro atoms. The van der Waals surface area contributed by atoms with Gasteiger partial charge in [0.2, 0.25) is 0 Å². The molecule has 2 aliphatic heterocycles. The zero-order valence-corrected chi connectivity index (χ0v) is 19.8. The Morgan fingerprint density at radius 3 is 2.36 bits per heavy atom. The van der Waals surface area contributed by atoms with Crippen molar-refractivity contribution in [1.29, 1.82) is 0 Å². The second-order valence-corrected chi connectivity index (χ2v) is 9.66. The molecule has 0 aromatic heterocycles. The van der Waals surface area contributed by atoms with E-state index in [0.29, 0.717) is 22.3 Å². The molecular formula is C26H23N3O2S2. The molecular weight excluding hydrogens is 450 g/mol. The maximum atomic E-state index is 13.7. The SMILES string of the molecule is CCN1/C(=C2/SC(=Nc3ccc(O)cc3)N(CCc3ccccc3)C2=O)Sc2ccccc21. The summed E-state index contributed by atoms with van der Waals surface area (Å²) in [6.45, 7) is 3.43. The van der Waals surface area contributed by atoms with Crippen molar-refractivity contribution in [2.75, 3.05) is 18.0 Å². The normalized spacial score (nSPS) is 18.9. The van der Waals surface area contributed by atoms with E-state index in [4.69, 9.17) is 4.99 Å². The van der Waals surface area contributed by atoms with Crippen molar-refractivity contribution < 1.29 is 9.90 Å². The van der Waals surface area contributed by atoms with Gasteiger partial charge in [0, 0.05) is 18.0 Å². The van der Waals surface area contributed by atoms with E-state index in [1.54, 1.807) is 40.9 Å². The minimum atomic E-state index is -0.0118. The molecule has 2 aliphatic rings. The lowest BCUT2D eigenvalue weighted by Crippen LogP contribution is -2.32. The molecule has 3 aromatic carbocycles. The van der Waals surface area contributed by atoms with E-state index in [0.717, 1.165) is 28.6 Å². The number of fused-ring (bicyclic) bond motifs is 1. The number of phenolic OH excluding ortho intramolecular Hbond substituents is 1. The highest BCUT2D eigenvalue weighted by molar-refractivity contribution is 8.19. The van der Waals surface area contributed by atoms with Crippen LogP contribution in [0.3, 0.4) is 0 Å². The fraction of sp³-hybridized carbons (Fsp3) is 0.154. The molecule has 5 rings (SSSR count). The quantitative estimate of drug-likeness (QED) is 0.461. The lowest BCUT2D eigenvalue weighted by Gasteiger charge is -2.19. The molecule has 0 radical (unpaired) electrons. The molecule has 3 aromatic rings. The molecule has 1 N–H and O–H groups in total. The zero-order chi connectivity index (χ0) is 22.8. The average Bonchev–Trinajstić information content (AvgIpc) is 3.36. The monoisotopic (exact) mass is 473 g/mol. The molecule has 0 bridgehead atoms. The molecule has 33 heavy (non-hydrogen) atoms. The molecule has 7 heteroatoms. The van der Waals surface area contributed by atoms with Crippen LogP contribution in [-0.4, -0.2) is 34.2 Å². The third-order valence-corrected chi connectivity index (χ3v) is 7.90. The van der Waals surface area contributed by atoms with Gasteiger partial charge in [-0.25, -0.2) is 4.99 Å². The maximum absolute atomic E-state index is 13.7. The van der Waals surface area contributed by atoms with Crippen LogP contribution in [0.1, 0.15) is 12.5 Å². The molecule has 0 saturated carbocycles. The lowest BCUT2D eigenvalue weighted by atomic mass is 10.1. The summed E-state index contributed by atoms with van der Waals surface area (Å²) in [5.74, 6) is 0.179. The van der Waals surface area contributed by atoms with E-state index in [1.165, 1.54) is 17.3 Å². The number of aliphatic imine (C=N–C) groups is 1. The largest absolute Gasteiger partial charge is 0.508 e. The minimum Gasteiger partial charge on any atom is -0.508 e. The van der Waals surface area contributed by atoms with Crippen molar-refractivity contribution in [3.8, 4) is 5.75 Å². The van der Waals surface area contributed by atoms with Crippen LogP contribution in [0.25, 0.3) is 0 Å². The number of phenols is 1. The Morgan fingerprint density at radius 1 is 0.879 bits per heavy atom. The number of anilines is 1. The summed E-state index contributed by atoms with van der Waals surface area (Å²) in [6, 6.07) is 25.2. The number of aromatic hydroxyl groups is 1. The van der Waals surface area contributed by atoms with Crippen molar-refractivity contribution in [3.63, 3.8) is 0 Å². The molecule has 5 nitrogen and oxygen atoms in total. The van der Waals surface area contributed by atoms with Crippen LogP contribution in [0.5, 0.6) is 5.75 Å². The fourth-order valence-corrected chi connectivity index (χ4v) is 6.27. The standard InChI is InChI=1S/C26H23N3O2S2/c1-2-28-21-10-6-7-11-22(21)32-25(28)23-24(31)29(17-16-18-8-4-3-5-9-18)26(33-23)27-19-12-14-20(30)15-13-19/h3-15,30H,2,16-17H2,1H3/b25-23-,27-26?. The molecule has 166 valence electrons. The van der Waals surface area contributed by atoms with Crippen molar-refractivity contribution in [2.24, 2.45) is 4.99 Å². The maximum Gasteiger partial charge on any atom is 0.269 e. The summed E-state index contributed by atoms with van der Waals surface area (Å²) >= 11 is 3.07. The number of amidine groups is 1. The summed E-state index contributed by atoms with van der Waals surface area (Å²) in [5.41, 5.74) is 3.02. The lowest BCUT2D eigenvalue weighted by molar-refractivity contribution is -0.122. The molecule has 0 atom stereocenters. The Kier molecular flexibility index (Phi) is 6.15. The topological polar surface area (TPSA) is 56.1 Å². The Balaban J connectivity index is 1.51. The van der Waals surface area contributed by atoms with E-state index in [2.05, 4.69) is 36.1 Å². The number of para-hydroxylation sites is 1. The number of rotatable bonds is 5. The summed E-state index contributed by atoms with van der Waals surface area (Å²) < 4.78 is 0. The summed E-state index contributed by atoms with van der Waals surface area (Å²) in [6.07, 6.45) is 0.745. The van der Waals surface area contributed by atoms with Gasteiger partial charge in [0.05, 0.1) is 11.4 Å². The van der Waals surface area contributed by atoms with Gasteiger partial charge < -0.3 is 10.0 Å². The van der Waals surface area contributed by atoms with Gasteiger partial charge in [-0.2, -0.15) is 0 Å². The van der Waals surface area contributed by atoms with E-state index < -0.39 is 0 Å². The van der Waals surface area contributed by atoms with Gasteiger partial charge in [-0.05, 0) is 67.1 Å². The Bertz CT molecular complexity index is 1240. The highest BCUT2D eigenvalue weighted by Crippen LogP contribution is 2.50. The van der Waals surface area contributed by atoms with Crippen LogP contribution in [0.15, 0.2) is 98.7 Å². The Hall–Kier alpha value is -3.16. The highest BCUT2D eigenvalue weighted by Gasteiger charge is 2.39. The minimum absolute atomic E-state index is 0.0118. The second-order valence-electron chi connectivity index (χ2n) is 7.65. The third-order valence-electron chi connectivity index (χ3n) is 5.52. The molecule has 1 fully saturated rings. The van der Waals surface area contributed by atoms with Gasteiger partial charge in [0.15, 0.2) is 5.17 Å². The third kappa shape index (κ3) is 4.38. The number of carbonyl (C=O) groups is 1. The van der Waals surface area contributed by atoms with E-state index in [1.807, 2.05) is 30.3 Å². The van der Waals surface area contributed by atoms with Gasteiger partial charge in [0.1, 0.15) is 15.7 Å². The van der Waals surface area contributed by atoms with Gasteiger partial charge in [0.25, 0.3) is 5.91 Å². The smallest absolute Gasteiger partial charge is 0.269 e. The number of carbonyl (C=O) groups excluding carboxylic acids is 1. The molecule has 1 saturated heterocycles. The number of hydrogen-bond acceptors (Lipinski definition) is 6. The van der Waals surface area contributed by atoms with Crippen LogP contribution in [0.2, 0.25) is 0 Å². The molecule has 0 aliphatic carbocycles. The first-order chi connectivity index (χ1) is 16.1. The first-order valence-corrected chi connectivity index (χ1v) is 12.5. The van der Waals surface area contributed by atoms with Crippen LogP contribution in [-0.2, 0) is 11.2 Å². The molecule has 0 unspecified atom stereocenters. The molecule has 2 heterocycles. The average molecular weight is 474 g/mol. The summed E-state index contributed by atoms with van der Waals surface area (Å²) in [5, 5.41) is 11.2. The second kappa shape index (κ2) is 9.37. The van der Waals surface area contributed by atoms with Crippen LogP contribution in [0, 0.1) is 0 Å². The Morgan fingerprint density at radius 2 is 1.61 bits per heavy atom. The predicted octanol–water partition coefficient (Wildman–Crippen LogP) is 6.00. The zero-order valence-electron chi connectivity index (χ0n) is 18.1. The van der Waals surface area contributed by atoms with Gasteiger partial charge in [-0.3, -0.25) is 9.69 Å². The van der Waals surface area contributed by atoms with Crippen LogP contribution < -0.4 is 4.90 Å².